The van der Waals surface area contributed by atoms with Crippen molar-refractivity contribution in [1.29, 1.82) is 0 Å². The van der Waals surface area contributed by atoms with Crippen molar-refractivity contribution in [3.63, 3.8) is 0 Å². The molecule has 0 aromatic rings. The SMILES string of the molecule is COCC(CCCN)N(C)C1CCN(C)CC1. The van der Waals surface area contributed by atoms with Crippen LogP contribution in [0.15, 0.2) is 0 Å². The van der Waals surface area contributed by atoms with Crippen molar-refractivity contribution >= 4 is 0 Å². The summed E-state index contributed by atoms with van der Waals surface area (Å²) in [4.78, 5) is 4.93. The van der Waals surface area contributed by atoms with Gasteiger partial charge in [0.05, 0.1) is 6.61 Å². The smallest absolute Gasteiger partial charge is 0.0618 e. The minimum absolute atomic E-state index is 0.525. The topological polar surface area (TPSA) is 41.7 Å². The molecule has 0 aromatic heterocycles. The molecule has 0 spiro atoms. The van der Waals surface area contributed by atoms with E-state index < -0.39 is 0 Å². The van der Waals surface area contributed by atoms with Crippen molar-refractivity contribution in [3.05, 3.63) is 0 Å². The minimum atomic E-state index is 0.525. The fourth-order valence-electron chi connectivity index (χ4n) is 2.65. The highest BCUT2D eigenvalue weighted by molar-refractivity contribution is 4.81. The maximum Gasteiger partial charge on any atom is 0.0618 e. The Morgan fingerprint density at radius 2 is 2.06 bits per heavy atom. The number of nitrogens with two attached hydrogens (primary N) is 1. The van der Waals surface area contributed by atoms with E-state index >= 15 is 0 Å². The molecule has 2 N–H and O–H groups in total. The van der Waals surface area contributed by atoms with Gasteiger partial charge in [-0.2, -0.15) is 0 Å². The zero-order valence-electron chi connectivity index (χ0n) is 11.7. The number of hydrogen-bond acceptors (Lipinski definition) is 4. The Balaban J connectivity index is 2.42. The van der Waals surface area contributed by atoms with E-state index in [1.807, 2.05) is 0 Å². The van der Waals surface area contributed by atoms with Crippen molar-refractivity contribution in [1.82, 2.24) is 9.80 Å². The molecule has 0 amide bonds. The van der Waals surface area contributed by atoms with Crippen LogP contribution in [0.4, 0.5) is 0 Å². The van der Waals surface area contributed by atoms with Gasteiger partial charge in [-0.25, -0.2) is 0 Å². The standard InChI is InChI=1S/C13H29N3O/c1-15-9-6-12(7-10-15)16(2)13(11-17-3)5-4-8-14/h12-13H,4-11,14H2,1-3H3. The Morgan fingerprint density at radius 3 is 2.59 bits per heavy atom. The quantitative estimate of drug-likeness (QED) is 0.717. The number of likely N-dealkylation sites (N-methyl/N-ethyl adjacent to an activating group) is 1. The van der Waals surface area contributed by atoms with Crippen LogP contribution in [0.3, 0.4) is 0 Å². The zero-order valence-corrected chi connectivity index (χ0v) is 11.7. The number of nitrogens with zero attached hydrogens (tertiary/aromatic N) is 2. The first-order valence-corrected chi connectivity index (χ1v) is 6.78. The van der Waals surface area contributed by atoms with Gasteiger partial charge >= 0.3 is 0 Å². The second-order valence-electron chi connectivity index (χ2n) is 5.24. The predicted octanol–water partition coefficient (Wildman–Crippen LogP) is 0.766. The largest absolute Gasteiger partial charge is 0.383 e. The molecule has 4 nitrogen and oxygen atoms in total. The van der Waals surface area contributed by atoms with Crippen molar-refractivity contribution in [2.75, 3.05) is 47.4 Å². The van der Waals surface area contributed by atoms with Crippen LogP contribution in [0, 0.1) is 0 Å². The highest BCUT2D eigenvalue weighted by Gasteiger charge is 2.25. The first kappa shape index (κ1) is 14.9. The Morgan fingerprint density at radius 1 is 1.41 bits per heavy atom. The molecule has 0 bridgehead atoms. The fourth-order valence-corrected chi connectivity index (χ4v) is 2.65. The molecular formula is C13H29N3O. The summed E-state index contributed by atoms with van der Waals surface area (Å²) in [7, 11) is 6.24. The lowest BCUT2D eigenvalue weighted by Crippen LogP contribution is -2.47. The second kappa shape index (κ2) is 8.03. The van der Waals surface area contributed by atoms with E-state index in [1.54, 1.807) is 7.11 Å². The van der Waals surface area contributed by atoms with E-state index in [-0.39, 0.29) is 0 Å². The van der Waals surface area contributed by atoms with E-state index in [9.17, 15) is 0 Å². The predicted molar refractivity (Wildman–Crippen MR) is 72.2 cm³/mol. The van der Waals surface area contributed by atoms with Crippen LogP contribution in [0.2, 0.25) is 0 Å². The Kier molecular flexibility index (Phi) is 7.04. The molecule has 17 heavy (non-hydrogen) atoms. The molecule has 0 radical (unpaired) electrons. The van der Waals surface area contributed by atoms with E-state index in [1.165, 1.54) is 25.9 Å². The zero-order chi connectivity index (χ0) is 12.7. The lowest BCUT2D eigenvalue weighted by Gasteiger charge is -2.39. The molecule has 1 heterocycles. The summed E-state index contributed by atoms with van der Waals surface area (Å²) >= 11 is 0. The average Bonchev–Trinajstić information content (AvgIpc) is 2.34. The summed E-state index contributed by atoms with van der Waals surface area (Å²) < 4.78 is 5.34. The van der Waals surface area contributed by atoms with Gasteiger partial charge in [0.15, 0.2) is 0 Å². The molecule has 1 atom stereocenters. The highest BCUT2D eigenvalue weighted by atomic mass is 16.5. The third-order valence-corrected chi connectivity index (χ3v) is 3.94. The number of ether oxygens (including phenoxy) is 1. The van der Waals surface area contributed by atoms with Crippen molar-refractivity contribution < 1.29 is 4.74 Å². The molecule has 4 heteroatoms. The van der Waals surface area contributed by atoms with Crippen LogP contribution in [0.1, 0.15) is 25.7 Å². The summed E-state index contributed by atoms with van der Waals surface area (Å²) in [5.74, 6) is 0. The van der Waals surface area contributed by atoms with Crippen molar-refractivity contribution in [2.45, 2.75) is 37.8 Å². The summed E-state index contributed by atoms with van der Waals surface area (Å²) in [6, 6.07) is 1.24. The first-order valence-electron chi connectivity index (χ1n) is 6.78. The second-order valence-corrected chi connectivity index (χ2v) is 5.24. The molecule has 1 rings (SSSR count). The average molecular weight is 243 g/mol. The van der Waals surface area contributed by atoms with Gasteiger partial charge in [-0.15, -0.1) is 0 Å². The van der Waals surface area contributed by atoms with Crippen LogP contribution in [-0.2, 0) is 4.74 Å². The van der Waals surface area contributed by atoms with Gasteiger partial charge in [-0.3, -0.25) is 4.90 Å². The van der Waals surface area contributed by atoms with E-state index in [0.717, 1.165) is 26.0 Å². The number of methoxy groups -OCH3 is 1. The Labute approximate surface area is 106 Å². The number of hydrogen-bond donors (Lipinski definition) is 1. The number of likely N-dealkylation sites (tertiary alicyclic amines) is 1. The van der Waals surface area contributed by atoms with Gasteiger partial charge < -0.3 is 15.4 Å². The minimum Gasteiger partial charge on any atom is -0.383 e. The van der Waals surface area contributed by atoms with Crippen LogP contribution >= 0.6 is 0 Å². The molecule has 1 unspecified atom stereocenters. The lowest BCUT2D eigenvalue weighted by atomic mass is 10.0. The Bertz CT molecular complexity index is 193. The van der Waals surface area contributed by atoms with Crippen LogP contribution in [0.25, 0.3) is 0 Å². The van der Waals surface area contributed by atoms with Gasteiger partial charge in [0.2, 0.25) is 0 Å². The highest BCUT2D eigenvalue weighted by Crippen LogP contribution is 2.18. The molecule has 1 aliphatic heterocycles. The van der Waals surface area contributed by atoms with Gasteiger partial charge in [0.1, 0.15) is 0 Å². The summed E-state index contributed by atoms with van der Waals surface area (Å²) in [5, 5.41) is 0. The molecular weight excluding hydrogens is 214 g/mol. The summed E-state index contributed by atoms with van der Waals surface area (Å²) in [6.07, 6.45) is 4.78. The molecule has 1 saturated heterocycles. The number of rotatable bonds is 7. The van der Waals surface area contributed by atoms with Gasteiger partial charge in [-0.1, -0.05) is 0 Å². The van der Waals surface area contributed by atoms with Crippen LogP contribution in [-0.4, -0.2) is 69.3 Å². The molecule has 0 aromatic carbocycles. The molecule has 102 valence electrons. The monoisotopic (exact) mass is 243 g/mol. The normalized spacial score (nSPS) is 21.0. The van der Waals surface area contributed by atoms with Gasteiger partial charge in [0.25, 0.3) is 0 Å². The summed E-state index contributed by atoms with van der Waals surface area (Å²) in [5.41, 5.74) is 5.60. The first-order chi connectivity index (χ1) is 8.19. The fraction of sp³-hybridized carbons (Fsp3) is 1.00. The van der Waals surface area contributed by atoms with E-state index in [4.69, 9.17) is 10.5 Å². The van der Waals surface area contributed by atoms with Crippen LogP contribution in [0.5, 0.6) is 0 Å². The van der Waals surface area contributed by atoms with E-state index in [0.29, 0.717) is 12.1 Å². The molecule has 0 saturated carbocycles. The Hall–Kier alpha value is -0.160. The van der Waals surface area contributed by atoms with E-state index in [2.05, 4.69) is 23.9 Å². The van der Waals surface area contributed by atoms with Crippen molar-refractivity contribution in [3.8, 4) is 0 Å². The maximum absolute atomic E-state index is 5.60. The van der Waals surface area contributed by atoms with Crippen LogP contribution < -0.4 is 5.73 Å². The molecule has 1 aliphatic rings. The molecule has 0 aliphatic carbocycles. The van der Waals surface area contributed by atoms with Crippen molar-refractivity contribution in [2.24, 2.45) is 5.73 Å². The maximum atomic E-state index is 5.60. The lowest BCUT2D eigenvalue weighted by molar-refractivity contribution is 0.0510. The third kappa shape index (κ3) is 4.92. The van der Waals surface area contributed by atoms with Gasteiger partial charge in [0, 0.05) is 19.2 Å². The third-order valence-electron chi connectivity index (χ3n) is 3.94. The molecule has 1 fully saturated rings. The summed E-state index contributed by atoms with van der Waals surface area (Å²) in [6.45, 7) is 4.03. The van der Waals surface area contributed by atoms with Gasteiger partial charge in [-0.05, 0) is 59.4 Å². The number of piperidine rings is 1.